The van der Waals surface area contributed by atoms with Crippen LogP contribution in [0.1, 0.15) is 48.5 Å². The molecule has 6 heteroatoms. The molecule has 1 heterocycles. The average Bonchev–Trinajstić information content (AvgIpc) is 2.91. The minimum absolute atomic E-state index is 0.0133. The molecule has 1 fully saturated rings. The molecule has 4 unspecified atom stereocenters. The van der Waals surface area contributed by atoms with Crippen molar-refractivity contribution < 1.29 is 19.1 Å². The highest BCUT2D eigenvalue weighted by atomic mass is 16.5. The highest BCUT2D eigenvalue weighted by molar-refractivity contribution is 5.92. The zero-order chi connectivity index (χ0) is 20.8. The Labute approximate surface area is 164 Å². The van der Waals surface area contributed by atoms with E-state index < -0.39 is 6.04 Å². The van der Waals surface area contributed by atoms with Crippen LogP contribution in [0.3, 0.4) is 0 Å². The number of amides is 1. The van der Waals surface area contributed by atoms with Crippen LogP contribution >= 0.6 is 0 Å². The lowest BCUT2D eigenvalue weighted by molar-refractivity contribution is -0.144. The smallest absolute Gasteiger partial charge is 0.226 e. The van der Waals surface area contributed by atoms with Crippen molar-refractivity contribution in [3.8, 4) is 0 Å². The maximum atomic E-state index is 13.1. The predicted molar refractivity (Wildman–Crippen MR) is 108 cm³/mol. The van der Waals surface area contributed by atoms with Gasteiger partial charge in [-0.05, 0) is 11.5 Å². The fourth-order valence-corrected chi connectivity index (χ4v) is 3.09. The molecule has 4 atom stereocenters. The van der Waals surface area contributed by atoms with E-state index in [-0.39, 0.29) is 41.0 Å². The molecule has 0 saturated carbocycles. The number of aliphatic imine (C=N–C) groups is 1. The Morgan fingerprint density at radius 2 is 1.89 bits per heavy atom. The van der Waals surface area contributed by atoms with Crippen molar-refractivity contribution in [1.29, 1.82) is 0 Å². The summed E-state index contributed by atoms with van der Waals surface area (Å²) in [4.78, 5) is 31.8. The average molecular weight is 381 g/mol. The van der Waals surface area contributed by atoms with Crippen molar-refractivity contribution >= 4 is 18.1 Å². The summed E-state index contributed by atoms with van der Waals surface area (Å²) in [6, 6.07) is -0.450. The van der Waals surface area contributed by atoms with Gasteiger partial charge in [-0.15, -0.1) is 0 Å². The second kappa shape index (κ2) is 9.90. The quantitative estimate of drug-likeness (QED) is 0.368. The molecular weight excluding hydrogens is 344 g/mol. The molecule has 1 amide bonds. The normalized spacial score (nSPS) is 24.8. The SMILES string of the molecule is COC=CCN=COC1CN(C(=O)C(C)C(C)(C)C)C(C(=O)C(C)C)C1C. The summed E-state index contributed by atoms with van der Waals surface area (Å²) in [7, 11) is 1.58. The zero-order valence-corrected chi connectivity index (χ0v) is 18.1. The lowest BCUT2D eigenvalue weighted by atomic mass is 9.81. The van der Waals surface area contributed by atoms with Crippen LogP contribution in [0.25, 0.3) is 0 Å². The van der Waals surface area contributed by atoms with Gasteiger partial charge in [-0.25, -0.2) is 0 Å². The maximum absolute atomic E-state index is 13.1. The van der Waals surface area contributed by atoms with Gasteiger partial charge in [-0.1, -0.05) is 48.5 Å². The third-order valence-electron chi connectivity index (χ3n) is 5.36. The van der Waals surface area contributed by atoms with E-state index in [0.29, 0.717) is 13.1 Å². The van der Waals surface area contributed by atoms with Gasteiger partial charge >= 0.3 is 0 Å². The largest absolute Gasteiger partial charge is 0.505 e. The number of methoxy groups -OCH3 is 1. The number of ketones is 1. The topological polar surface area (TPSA) is 68.2 Å². The molecule has 0 aromatic heterocycles. The molecule has 154 valence electrons. The molecule has 0 radical (unpaired) electrons. The lowest BCUT2D eigenvalue weighted by Crippen LogP contribution is -2.48. The Morgan fingerprint density at radius 1 is 1.26 bits per heavy atom. The number of likely N-dealkylation sites (tertiary alicyclic amines) is 1. The fraction of sp³-hybridized carbons (Fsp3) is 0.762. The monoisotopic (exact) mass is 380 g/mol. The molecule has 27 heavy (non-hydrogen) atoms. The van der Waals surface area contributed by atoms with Crippen molar-refractivity contribution in [1.82, 2.24) is 4.90 Å². The lowest BCUT2D eigenvalue weighted by Gasteiger charge is -2.33. The van der Waals surface area contributed by atoms with Crippen molar-refractivity contribution in [2.75, 3.05) is 20.2 Å². The Bertz CT molecular complexity index is 563. The van der Waals surface area contributed by atoms with Crippen LogP contribution in [-0.4, -0.2) is 55.3 Å². The molecule has 0 bridgehead atoms. The van der Waals surface area contributed by atoms with E-state index in [2.05, 4.69) is 4.99 Å². The van der Waals surface area contributed by atoms with Crippen LogP contribution in [0.2, 0.25) is 0 Å². The van der Waals surface area contributed by atoms with Gasteiger partial charge in [0.25, 0.3) is 0 Å². The molecule has 0 aromatic rings. The predicted octanol–water partition coefficient (Wildman–Crippen LogP) is 3.31. The summed E-state index contributed by atoms with van der Waals surface area (Å²) >= 11 is 0. The summed E-state index contributed by atoms with van der Waals surface area (Å²) in [5, 5.41) is 0. The summed E-state index contributed by atoms with van der Waals surface area (Å²) in [6.07, 6.45) is 4.49. The first-order chi connectivity index (χ1) is 12.5. The van der Waals surface area contributed by atoms with Gasteiger partial charge in [0.15, 0.2) is 12.2 Å². The van der Waals surface area contributed by atoms with E-state index in [1.54, 1.807) is 24.3 Å². The van der Waals surface area contributed by atoms with Crippen LogP contribution in [0.4, 0.5) is 0 Å². The van der Waals surface area contributed by atoms with E-state index in [1.807, 2.05) is 48.5 Å². The Balaban J connectivity index is 2.95. The number of Topliss-reactive ketones (excluding diaryl/α,β-unsaturated/α-hetero) is 1. The summed E-state index contributed by atoms with van der Waals surface area (Å²) in [5.74, 6) is -0.303. The number of ether oxygens (including phenoxy) is 2. The van der Waals surface area contributed by atoms with Crippen molar-refractivity contribution in [3.63, 3.8) is 0 Å². The zero-order valence-electron chi connectivity index (χ0n) is 18.1. The maximum Gasteiger partial charge on any atom is 0.226 e. The summed E-state index contributed by atoms with van der Waals surface area (Å²) in [5.41, 5.74) is -0.167. The molecule has 1 aliphatic heterocycles. The van der Waals surface area contributed by atoms with Gasteiger partial charge in [-0.3, -0.25) is 14.6 Å². The summed E-state index contributed by atoms with van der Waals surface area (Å²) in [6.45, 7) is 14.7. The molecule has 6 nitrogen and oxygen atoms in total. The molecule has 1 rings (SSSR count). The third-order valence-corrected chi connectivity index (χ3v) is 5.36. The molecule has 0 aliphatic carbocycles. The van der Waals surface area contributed by atoms with Crippen molar-refractivity contribution in [2.24, 2.45) is 28.2 Å². The number of hydrogen-bond donors (Lipinski definition) is 0. The summed E-state index contributed by atoms with van der Waals surface area (Å²) < 4.78 is 10.6. The van der Waals surface area contributed by atoms with Crippen LogP contribution < -0.4 is 0 Å². The van der Waals surface area contributed by atoms with Gasteiger partial charge in [-0.2, -0.15) is 0 Å². The first kappa shape index (κ1) is 23.2. The first-order valence-corrected chi connectivity index (χ1v) is 9.68. The number of nitrogens with zero attached hydrogens (tertiary/aromatic N) is 2. The van der Waals surface area contributed by atoms with E-state index in [9.17, 15) is 9.59 Å². The van der Waals surface area contributed by atoms with Gasteiger partial charge in [0.05, 0.1) is 32.5 Å². The van der Waals surface area contributed by atoms with Gasteiger partial charge in [0.1, 0.15) is 6.10 Å². The van der Waals surface area contributed by atoms with Gasteiger partial charge in [0.2, 0.25) is 5.91 Å². The number of carbonyl (C=O) groups excluding carboxylic acids is 2. The molecule has 1 saturated heterocycles. The second-order valence-electron chi connectivity index (χ2n) is 8.69. The molecule has 0 aromatic carbocycles. The Kier molecular flexibility index (Phi) is 8.51. The van der Waals surface area contributed by atoms with E-state index >= 15 is 0 Å². The van der Waals surface area contributed by atoms with Crippen molar-refractivity contribution in [2.45, 2.75) is 60.6 Å². The standard InChI is InChI=1S/C21H36N2O4/c1-14(2)19(24)18-15(3)17(27-13-22-10-9-11-26-8)12-23(18)20(25)16(4)21(5,6)7/h9,11,13-18H,10,12H2,1-8H3. The van der Waals surface area contributed by atoms with Gasteiger partial charge in [0, 0.05) is 17.8 Å². The minimum atomic E-state index is -0.450. The fourth-order valence-electron chi connectivity index (χ4n) is 3.09. The van der Waals surface area contributed by atoms with Gasteiger partial charge < -0.3 is 14.4 Å². The van der Waals surface area contributed by atoms with Crippen LogP contribution in [0, 0.1) is 23.2 Å². The van der Waals surface area contributed by atoms with E-state index in [1.165, 1.54) is 6.40 Å². The molecular formula is C21H36N2O4. The minimum Gasteiger partial charge on any atom is -0.505 e. The second-order valence-corrected chi connectivity index (χ2v) is 8.69. The molecule has 0 N–H and O–H groups in total. The highest BCUT2D eigenvalue weighted by Crippen LogP contribution is 2.34. The number of carbonyl (C=O) groups is 2. The number of hydrogen-bond acceptors (Lipinski definition) is 5. The molecule has 1 aliphatic rings. The van der Waals surface area contributed by atoms with Crippen LogP contribution in [0.15, 0.2) is 17.3 Å². The van der Waals surface area contributed by atoms with E-state index in [4.69, 9.17) is 9.47 Å². The van der Waals surface area contributed by atoms with Crippen LogP contribution in [-0.2, 0) is 19.1 Å². The highest BCUT2D eigenvalue weighted by Gasteiger charge is 2.48. The Hall–Kier alpha value is -1.85. The molecule has 0 spiro atoms. The van der Waals surface area contributed by atoms with Crippen LogP contribution in [0.5, 0.6) is 0 Å². The third kappa shape index (κ3) is 6.08. The Morgan fingerprint density at radius 3 is 2.41 bits per heavy atom. The first-order valence-electron chi connectivity index (χ1n) is 9.68. The number of rotatable bonds is 8. The van der Waals surface area contributed by atoms with Crippen molar-refractivity contribution in [3.05, 3.63) is 12.3 Å². The van der Waals surface area contributed by atoms with E-state index in [0.717, 1.165) is 0 Å².